The van der Waals surface area contributed by atoms with Crippen LogP contribution in [0, 0.1) is 6.92 Å². The van der Waals surface area contributed by atoms with Crippen molar-refractivity contribution in [1.82, 2.24) is 0 Å². The van der Waals surface area contributed by atoms with Crippen LogP contribution in [0.3, 0.4) is 0 Å². The number of aromatic nitrogens is 1. The molecule has 0 spiro atoms. The van der Waals surface area contributed by atoms with E-state index in [1.807, 2.05) is 24.3 Å². The number of aryl methyl sites for hydroxylation is 1. The van der Waals surface area contributed by atoms with Gasteiger partial charge < -0.3 is 27.0 Å². The molecule has 0 aliphatic heterocycles. The van der Waals surface area contributed by atoms with Crippen molar-refractivity contribution in [2.75, 3.05) is 11.9 Å². The summed E-state index contributed by atoms with van der Waals surface area (Å²) in [5.41, 5.74) is 3.66. The predicted octanol–water partition coefficient (Wildman–Crippen LogP) is 7.03. The maximum Gasteiger partial charge on any atom is 0.255 e. The van der Waals surface area contributed by atoms with Crippen LogP contribution in [0.15, 0.2) is 54.0 Å². The molecule has 0 radical (unpaired) electrons. The Morgan fingerprint density at radius 2 is 1.52 bits per heavy atom. The third kappa shape index (κ3) is 12.6. The molecule has 3 aromatic rings. The summed E-state index contributed by atoms with van der Waals surface area (Å²) in [6.45, 7) is 12.4. The second kappa shape index (κ2) is 19.2. The number of hydrogen-bond acceptors (Lipinski definition) is 3. The van der Waals surface area contributed by atoms with Gasteiger partial charge in [0.1, 0.15) is 5.75 Å². The highest BCUT2D eigenvalue weighted by Crippen LogP contribution is 2.32. The van der Waals surface area contributed by atoms with Gasteiger partial charge in [-0.25, -0.2) is 0 Å². The van der Waals surface area contributed by atoms with Gasteiger partial charge in [0.2, 0.25) is 5.01 Å². The van der Waals surface area contributed by atoms with Gasteiger partial charge in [-0.3, -0.25) is 4.79 Å². The third-order valence-corrected chi connectivity index (χ3v) is 8.56. The number of nitrogens with one attached hydrogen (secondary N) is 1. The number of carbonyl (C=O) groups excluding carboxylic acids is 1. The maximum absolute atomic E-state index is 13.2. The standard InChI is InChI=1S/C36H52N2O2S.BrH/c1-6-7-8-9-10-11-12-13-14-15-16-17-24-40-34-27-31(21-22-33(34)36(3,4)5)35(39)37-32-20-18-19-30(26-32)28-38-23-25-41-29(38)2;/h18-23,25-27H,6-17,24,28H2,1-5H3;1H. The number of unbranched alkanes of at least 4 members (excludes halogenated alkanes) is 11. The van der Waals surface area contributed by atoms with Gasteiger partial charge in [-0.2, -0.15) is 4.57 Å². The Balaban J connectivity index is 0.00000616. The van der Waals surface area contributed by atoms with E-state index in [1.165, 1.54) is 75.6 Å². The van der Waals surface area contributed by atoms with Crippen molar-refractivity contribution >= 4 is 22.9 Å². The van der Waals surface area contributed by atoms with Crippen LogP contribution in [0.2, 0.25) is 0 Å². The zero-order valence-electron chi connectivity index (χ0n) is 26.6. The van der Waals surface area contributed by atoms with Crippen molar-refractivity contribution < 1.29 is 31.1 Å². The molecule has 1 amide bonds. The molecule has 0 aliphatic rings. The summed E-state index contributed by atoms with van der Waals surface area (Å²) in [6, 6.07) is 14.0. The summed E-state index contributed by atoms with van der Waals surface area (Å²) in [7, 11) is 0. The van der Waals surface area contributed by atoms with Crippen LogP contribution in [0.5, 0.6) is 5.75 Å². The molecular weight excluding hydrogens is 604 g/mol. The quantitative estimate of drug-likeness (QED) is 0.118. The van der Waals surface area contributed by atoms with E-state index in [0.29, 0.717) is 12.2 Å². The highest BCUT2D eigenvalue weighted by Gasteiger charge is 2.21. The minimum Gasteiger partial charge on any atom is -1.00 e. The summed E-state index contributed by atoms with van der Waals surface area (Å²) in [5.74, 6) is 0.712. The Kier molecular flexibility index (Phi) is 16.4. The number of ether oxygens (including phenoxy) is 1. The lowest BCUT2D eigenvalue weighted by Crippen LogP contribution is -3.00. The molecule has 0 fully saturated rings. The van der Waals surface area contributed by atoms with Crippen LogP contribution in [-0.2, 0) is 12.0 Å². The number of anilines is 1. The minimum atomic E-state index is -0.114. The maximum atomic E-state index is 13.2. The fourth-order valence-corrected chi connectivity index (χ4v) is 5.88. The van der Waals surface area contributed by atoms with Crippen molar-refractivity contribution in [2.45, 2.75) is 124 Å². The Hall–Kier alpha value is -2.18. The highest BCUT2D eigenvalue weighted by atomic mass is 79.9. The second-order valence-corrected chi connectivity index (χ2v) is 13.5. The molecule has 2 aromatic carbocycles. The van der Waals surface area contributed by atoms with Crippen LogP contribution < -0.4 is 31.6 Å². The molecule has 0 unspecified atom stereocenters. The molecule has 6 heteroatoms. The van der Waals surface area contributed by atoms with Crippen LogP contribution in [0.1, 0.15) is 131 Å². The Morgan fingerprint density at radius 3 is 2.12 bits per heavy atom. The van der Waals surface area contributed by atoms with Crippen LogP contribution >= 0.6 is 11.3 Å². The first-order valence-electron chi connectivity index (χ1n) is 15.9. The van der Waals surface area contributed by atoms with E-state index in [4.69, 9.17) is 4.74 Å². The second-order valence-electron chi connectivity index (χ2n) is 12.4. The first-order chi connectivity index (χ1) is 19.8. The number of nitrogens with zero attached hydrogens (tertiary/aromatic N) is 1. The van der Waals surface area contributed by atoms with Crippen molar-refractivity contribution in [3.05, 3.63) is 75.7 Å². The Labute approximate surface area is 270 Å². The summed E-state index contributed by atoms with van der Waals surface area (Å²) < 4.78 is 8.52. The third-order valence-electron chi connectivity index (χ3n) is 7.73. The monoisotopic (exact) mass is 656 g/mol. The predicted molar refractivity (Wildman–Crippen MR) is 174 cm³/mol. The van der Waals surface area contributed by atoms with E-state index >= 15 is 0 Å². The summed E-state index contributed by atoms with van der Waals surface area (Å²) >= 11 is 1.74. The molecule has 1 aromatic heterocycles. The van der Waals surface area contributed by atoms with Crippen LogP contribution in [0.25, 0.3) is 0 Å². The van der Waals surface area contributed by atoms with Gasteiger partial charge in [0, 0.05) is 23.7 Å². The Morgan fingerprint density at radius 1 is 0.881 bits per heavy atom. The average molecular weight is 658 g/mol. The molecule has 4 nitrogen and oxygen atoms in total. The van der Waals surface area contributed by atoms with E-state index < -0.39 is 0 Å². The molecule has 0 atom stereocenters. The van der Waals surface area contributed by atoms with Crippen LogP contribution in [-0.4, -0.2) is 12.5 Å². The Bertz CT molecular complexity index is 1200. The zero-order valence-corrected chi connectivity index (χ0v) is 29.0. The van der Waals surface area contributed by atoms with Crippen molar-refractivity contribution in [1.29, 1.82) is 0 Å². The number of thiazole rings is 1. The number of amides is 1. The van der Waals surface area contributed by atoms with Crippen LogP contribution in [0.4, 0.5) is 5.69 Å². The van der Waals surface area contributed by atoms with Crippen molar-refractivity contribution in [3.63, 3.8) is 0 Å². The van der Waals surface area contributed by atoms with Gasteiger partial charge in [-0.1, -0.05) is 128 Å². The topological polar surface area (TPSA) is 42.2 Å². The van der Waals surface area contributed by atoms with E-state index in [-0.39, 0.29) is 28.3 Å². The summed E-state index contributed by atoms with van der Waals surface area (Å²) in [5, 5.41) is 6.45. The van der Waals surface area contributed by atoms with E-state index in [1.54, 1.807) is 11.3 Å². The zero-order chi connectivity index (χ0) is 29.5. The molecular formula is C36H53BrN2O2S. The molecule has 0 aliphatic carbocycles. The number of halogens is 1. The summed E-state index contributed by atoms with van der Waals surface area (Å²) in [6.07, 6.45) is 18.0. The normalized spacial score (nSPS) is 11.3. The molecule has 1 N–H and O–H groups in total. The number of benzene rings is 2. The molecule has 0 saturated heterocycles. The van der Waals surface area contributed by atoms with E-state index in [0.717, 1.165) is 35.5 Å². The lowest BCUT2D eigenvalue weighted by Gasteiger charge is -2.23. The molecule has 232 valence electrons. The molecule has 42 heavy (non-hydrogen) atoms. The van der Waals surface area contributed by atoms with Gasteiger partial charge in [-0.05, 0) is 41.7 Å². The van der Waals surface area contributed by atoms with Gasteiger partial charge in [0.15, 0.2) is 12.7 Å². The van der Waals surface area contributed by atoms with Crippen molar-refractivity contribution in [2.24, 2.45) is 0 Å². The van der Waals surface area contributed by atoms with Gasteiger partial charge in [0.25, 0.3) is 5.91 Å². The van der Waals surface area contributed by atoms with Gasteiger partial charge in [-0.15, -0.1) is 0 Å². The van der Waals surface area contributed by atoms with Crippen molar-refractivity contribution in [3.8, 4) is 5.75 Å². The SMILES string of the molecule is CCCCCCCCCCCCCCOc1cc(C(=O)Nc2cccc(C[n+]3ccsc3C)c2)ccc1C(C)(C)C.[Br-]. The molecule has 0 bridgehead atoms. The molecule has 3 rings (SSSR count). The molecule has 0 saturated carbocycles. The van der Waals surface area contributed by atoms with Gasteiger partial charge in [0.05, 0.1) is 12.0 Å². The first kappa shape index (κ1) is 36.0. The fourth-order valence-electron chi connectivity index (χ4n) is 5.21. The van der Waals surface area contributed by atoms with Gasteiger partial charge >= 0.3 is 0 Å². The fraction of sp³-hybridized carbons (Fsp3) is 0.556. The van der Waals surface area contributed by atoms with E-state index in [9.17, 15) is 4.79 Å². The lowest BCUT2D eigenvalue weighted by atomic mass is 9.85. The number of hydrogen-bond donors (Lipinski definition) is 1. The van der Waals surface area contributed by atoms with E-state index in [2.05, 4.69) is 74.3 Å². The number of carbonyl (C=O) groups is 1. The lowest BCUT2D eigenvalue weighted by molar-refractivity contribution is -0.689. The first-order valence-corrected chi connectivity index (χ1v) is 16.8. The highest BCUT2D eigenvalue weighted by molar-refractivity contribution is 7.09. The average Bonchev–Trinajstić information content (AvgIpc) is 3.34. The number of rotatable bonds is 18. The smallest absolute Gasteiger partial charge is 0.255 e. The minimum absolute atomic E-state index is 0. The summed E-state index contributed by atoms with van der Waals surface area (Å²) in [4.78, 5) is 13.2. The molecule has 1 heterocycles. The largest absolute Gasteiger partial charge is 1.00 e.